The summed E-state index contributed by atoms with van der Waals surface area (Å²) < 4.78 is 61.0. The molecule has 0 saturated carbocycles. The maximum Gasteiger partial charge on any atom is 0.422 e. The van der Waals surface area contributed by atoms with Crippen LogP contribution >= 0.6 is 0 Å². The van der Waals surface area contributed by atoms with E-state index in [9.17, 15) is 22.8 Å². The fourth-order valence-electron chi connectivity index (χ4n) is 5.11. The summed E-state index contributed by atoms with van der Waals surface area (Å²) in [5, 5.41) is 8.86. The molecule has 8 rings (SSSR count). The van der Waals surface area contributed by atoms with Gasteiger partial charge < -0.3 is 39.8 Å². The number of piperazine rings is 1. The van der Waals surface area contributed by atoms with Crippen molar-refractivity contribution >= 4 is 29.6 Å². The molecule has 17 heteroatoms. The summed E-state index contributed by atoms with van der Waals surface area (Å²) in [6.45, 7) is 7.80. The number of alkyl halides is 3. The molecule has 5 aliphatic rings. The number of carbonyl (C=O) groups is 2. The first-order chi connectivity index (χ1) is 24.8. The number of nitrogens with zero attached hydrogens (tertiary/aromatic N) is 5. The first-order valence-electron chi connectivity index (χ1n) is 16.8. The molecule has 14 nitrogen and oxygen atoms in total. The molecular formula is C35H43F3N8O6. The van der Waals surface area contributed by atoms with E-state index in [-0.39, 0.29) is 43.1 Å². The first-order valence-corrected chi connectivity index (χ1v) is 16.8. The van der Waals surface area contributed by atoms with E-state index >= 15 is 0 Å². The van der Waals surface area contributed by atoms with Gasteiger partial charge in [-0.2, -0.15) is 28.1 Å². The second-order valence-electron chi connectivity index (χ2n) is 13.1. The van der Waals surface area contributed by atoms with Gasteiger partial charge in [0, 0.05) is 57.1 Å². The van der Waals surface area contributed by atoms with Gasteiger partial charge in [0.2, 0.25) is 11.9 Å². The normalized spacial score (nSPS) is 18.6. The lowest BCUT2D eigenvalue weighted by molar-refractivity contribution is -0.154. The van der Waals surface area contributed by atoms with Crippen molar-refractivity contribution in [1.29, 1.82) is 0 Å². The van der Waals surface area contributed by atoms with Crippen molar-refractivity contribution in [2.75, 3.05) is 69.7 Å². The summed E-state index contributed by atoms with van der Waals surface area (Å²) in [5.41, 5.74) is 1.11. The highest BCUT2D eigenvalue weighted by atomic mass is 19.4. The molecule has 1 fully saturated rings. The number of aromatic nitrogens is 3. The Bertz CT molecular complexity index is 1660. The third kappa shape index (κ3) is 12.6. The molecular weight excluding hydrogens is 685 g/mol. The number of amides is 2. The largest absolute Gasteiger partial charge is 0.490 e. The molecule has 1 atom stereocenters. The molecule has 2 aromatic carbocycles. The van der Waals surface area contributed by atoms with Crippen LogP contribution in [0.25, 0.3) is 0 Å². The van der Waals surface area contributed by atoms with Crippen molar-refractivity contribution in [3.8, 4) is 11.8 Å². The fourth-order valence-corrected chi connectivity index (χ4v) is 5.11. The van der Waals surface area contributed by atoms with E-state index < -0.39 is 24.4 Å². The number of rotatable bonds is 4. The maximum absolute atomic E-state index is 13.1. The number of halogens is 3. The first kappa shape index (κ1) is 38.1. The van der Waals surface area contributed by atoms with Crippen LogP contribution in [0.4, 0.5) is 35.5 Å². The minimum absolute atomic E-state index is 0.00714. The predicted octanol–water partition coefficient (Wildman–Crippen LogP) is 4.78. The number of carbonyl (C=O) groups excluding carboxylic acids is 2. The highest BCUT2D eigenvalue weighted by molar-refractivity contribution is 5.94. The summed E-state index contributed by atoms with van der Waals surface area (Å²) in [7, 11) is 0. The zero-order chi connectivity index (χ0) is 37.1. The minimum atomic E-state index is -4.59. The van der Waals surface area contributed by atoms with Crippen molar-refractivity contribution in [2.45, 2.75) is 45.2 Å². The Morgan fingerprint density at radius 2 is 1.60 bits per heavy atom. The van der Waals surface area contributed by atoms with Crippen molar-refractivity contribution in [3.63, 3.8) is 0 Å². The molecule has 1 aromatic heterocycles. The third-order valence-electron chi connectivity index (χ3n) is 7.67. The Morgan fingerprint density at radius 1 is 0.904 bits per heavy atom. The number of ether oxygens (including phenoxy) is 4. The van der Waals surface area contributed by atoms with Crippen LogP contribution in [-0.2, 0) is 16.0 Å². The predicted molar refractivity (Wildman–Crippen MR) is 186 cm³/mol. The van der Waals surface area contributed by atoms with Crippen LogP contribution in [-0.4, -0.2) is 114 Å². The van der Waals surface area contributed by atoms with Crippen LogP contribution in [0, 0.1) is 0 Å². The number of hydrogen-bond acceptors (Lipinski definition) is 12. The zero-order valence-electron chi connectivity index (χ0n) is 29.2. The molecule has 280 valence electrons. The molecule has 3 aromatic rings. The van der Waals surface area contributed by atoms with E-state index in [1.165, 1.54) is 0 Å². The van der Waals surface area contributed by atoms with E-state index in [1.54, 1.807) is 41.3 Å². The average Bonchev–Trinajstić information content (AvgIpc) is 3.09. The Balaban J connectivity index is 1.29. The summed E-state index contributed by atoms with van der Waals surface area (Å²) in [5.74, 6) is 0.237. The number of hydrogen-bond donors (Lipinski definition) is 3. The van der Waals surface area contributed by atoms with Crippen molar-refractivity contribution < 1.29 is 41.7 Å². The topological polar surface area (TPSA) is 152 Å². The van der Waals surface area contributed by atoms with Crippen molar-refractivity contribution in [2.24, 2.45) is 0 Å². The van der Waals surface area contributed by atoms with Crippen LogP contribution < -0.4 is 25.4 Å². The highest BCUT2D eigenvalue weighted by Gasteiger charge is 2.30. The van der Waals surface area contributed by atoms with Crippen LogP contribution in [0.1, 0.15) is 36.7 Å². The van der Waals surface area contributed by atoms with Gasteiger partial charge in [0.15, 0.2) is 6.61 Å². The highest BCUT2D eigenvalue weighted by Crippen LogP contribution is 2.21. The Hall–Kier alpha value is -5.16. The Labute approximate surface area is 299 Å². The van der Waals surface area contributed by atoms with E-state index in [4.69, 9.17) is 18.9 Å². The molecule has 6 heterocycles. The fraction of sp³-hybridized carbons (Fsp3) is 0.457. The number of anilines is 3. The van der Waals surface area contributed by atoms with Gasteiger partial charge in [-0.05, 0) is 68.8 Å². The van der Waals surface area contributed by atoms with E-state index in [0.717, 1.165) is 5.56 Å². The molecule has 1 saturated heterocycles. The van der Waals surface area contributed by atoms with Gasteiger partial charge in [-0.1, -0.05) is 18.2 Å². The molecule has 1 unspecified atom stereocenters. The second-order valence-corrected chi connectivity index (χ2v) is 13.1. The molecule has 6 bridgehead atoms. The van der Waals surface area contributed by atoms with Crippen molar-refractivity contribution in [3.05, 3.63) is 71.8 Å². The van der Waals surface area contributed by atoms with Crippen LogP contribution in [0.2, 0.25) is 0 Å². The number of benzene rings is 2. The van der Waals surface area contributed by atoms with Gasteiger partial charge in [-0.3, -0.25) is 9.69 Å². The van der Waals surface area contributed by atoms with E-state index in [2.05, 4.69) is 35.8 Å². The van der Waals surface area contributed by atoms with Gasteiger partial charge >= 0.3 is 18.3 Å². The summed E-state index contributed by atoms with van der Waals surface area (Å²) >= 11 is 0. The lowest BCUT2D eigenvalue weighted by Gasteiger charge is -2.37. The molecule has 3 N–H and O–H groups in total. The molecule has 0 spiro atoms. The van der Waals surface area contributed by atoms with Gasteiger partial charge in [-0.15, -0.1) is 0 Å². The summed E-state index contributed by atoms with van der Waals surface area (Å²) in [4.78, 5) is 41.8. The third-order valence-corrected chi connectivity index (χ3v) is 7.67. The lowest BCUT2D eigenvalue weighted by Crippen LogP contribution is -2.52. The second kappa shape index (κ2) is 17.4. The zero-order valence-corrected chi connectivity index (χ0v) is 29.2. The SMILES string of the molecule is CC(C)(C)OC(=O)N1CCN(CC2CNC(=O)c3ccc(cc3)Nc3nc(nc(OCC(F)(F)F)n3)NCc3ccc(cc3)OC/C=C/CO2)CC1. The molecule has 52 heavy (non-hydrogen) atoms. The average molecular weight is 729 g/mol. The standard InChI is InChI=1S/C35H43F3N8O6/c1-34(2,3)52-33(48)46-16-14-45(15-17-46)22-28-21-39-29(47)25-8-10-26(11-9-25)41-31-42-30(43-32(44-31)51-23-35(36,37)38)40-20-24-6-12-27(13-7-24)49-18-4-5-19-50-28/h4-13,28H,14-23H2,1-3H3,(H,39,47)(H2,40,41,42,43,44)/b5-4+. The maximum atomic E-state index is 13.1. The number of nitrogens with one attached hydrogen (secondary N) is 3. The quantitative estimate of drug-likeness (QED) is 0.317. The summed E-state index contributed by atoms with van der Waals surface area (Å²) in [6, 6.07) is 13.2. The lowest BCUT2D eigenvalue weighted by atomic mass is 10.2. The van der Waals surface area contributed by atoms with Crippen LogP contribution in [0.15, 0.2) is 60.7 Å². The van der Waals surface area contributed by atoms with Gasteiger partial charge in [0.05, 0.1) is 12.7 Å². The Kier molecular flexibility index (Phi) is 12.7. The van der Waals surface area contributed by atoms with Gasteiger partial charge in [0.25, 0.3) is 5.91 Å². The van der Waals surface area contributed by atoms with Gasteiger partial charge in [-0.25, -0.2) is 4.79 Å². The van der Waals surface area contributed by atoms with Crippen LogP contribution in [0.5, 0.6) is 11.8 Å². The van der Waals surface area contributed by atoms with E-state index in [0.29, 0.717) is 62.9 Å². The Morgan fingerprint density at radius 3 is 2.29 bits per heavy atom. The molecule has 0 radical (unpaired) electrons. The monoisotopic (exact) mass is 728 g/mol. The van der Waals surface area contributed by atoms with Crippen LogP contribution in [0.3, 0.4) is 0 Å². The molecule has 0 aliphatic carbocycles. The summed E-state index contributed by atoms with van der Waals surface area (Å²) in [6.07, 6.45) is -1.59. The van der Waals surface area contributed by atoms with E-state index in [1.807, 2.05) is 45.1 Å². The minimum Gasteiger partial charge on any atom is -0.490 e. The molecule has 5 aliphatic heterocycles. The van der Waals surface area contributed by atoms with Crippen molar-refractivity contribution in [1.82, 2.24) is 30.1 Å². The molecule has 2 amide bonds. The van der Waals surface area contributed by atoms with Gasteiger partial charge in [0.1, 0.15) is 18.0 Å². The smallest absolute Gasteiger partial charge is 0.422 e.